The van der Waals surface area contributed by atoms with Gasteiger partial charge in [-0.25, -0.2) is 4.98 Å². The number of aromatic nitrogens is 3. The molecule has 6 heteroatoms. The number of likely N-dealkylation sites (N-methyl/N-ethyl adjacent to an activating group) is 1. The summed E-state index contributed by atoms with van der Waals surface area (Å²) in [5.41, 5.74) is 1.15. The highest BCUT2D eigenvalue weighted by Gasteiger charge is 2.26. The fraction of sp³-hybridized carbons (Fsp3) is 0.667. The van der Waals surface area contributed by atoms with Crippen LogP contribution in [0.25, 0.3) is 0 Å². The largest absolute Gasteiger partial charge is 0.339 e. The fourth-order valence-corrected chi connectivity index (χ4v) is 2.81. The van der Waals surface area contributed by atoms with Crippen molar-refractivity contribution >= 4 is 11.3 Å². The lowest BCUT2D eigenvalue weighted by Gasteiger charge is -2.30. The fourth-order valence-electron chi connectivity index (χ4n) is 2.20. The van der Waals surface area contributed by atoms with Gasteiger partial charge in [0.15, 0.2) is 5.82 Å². The van der Waals surface area contributed by atoms with Crippen LogP contribution in [0.3, 0.4) is 0 Å². The monoisotopic (exact) mass is 308 g/mol. The third kappa shape index (κ3) is 4.61. The standard InChI is InChI=1S/C15H24N4OS/c1-6-16-12(15(3,4)5)8-14-18-13(19-20-14)7-11-9-21-10(2)17-11/h9,12,16H,6-8H2,1-5H3. The van der Waals surface area contributed by atoms with E-state index in [2.05, 4.69) is 48.1 Å². The van der Waals surface area contributed by atoms with Gasteiger partial charge >= 0.3 is 0 Å². The maximum absolute atomic E-state index is 5.39. The third-order valence-corrected chi connectivity index (χ3v) is 4.21. The van der Waals surface area contributed by atoms with Crippen LogP contribution in [-0.4, -0.2) is 27.7 Å². The maximum atomic E-state index is 5.39. The molecule has 2 aromatic heterocycles. The van der Waals surface area contributed by atoms with E-state index in [-0.39, 0.29) is 5.41 Å². The quantitative estimate of drug-likeness (QED) is 0.889. The molecule has 0 radical (unpaired) electrons. The molecule has 21 heavy (non-hydrogen) atoms. The van der Waals surface area contributed by atoms with E-state index in [4.69, 9.17) is 4.52 Å². The van der Waals surface area contributed by atoms with E-state index in [1.54, 1.807) is 11.3 Å². The lowest BCUT2D eigenvalue weighted by atomic mass is 9.84. The summed E-state index contributed by atoms with van der Waals surface area (Å²) in [7, 11) is 0. The summed E-state index contributed by atoms with van der Waals surface area (Å²) in [6.45, 7) is 11.7. The predicted octanol–water partition coefficient (Wildman–Crippen LogP) is 2.99. The molecular formula is C15H24N4OS. The molecule has 0 fully saturated rings. The van der Waals surface area contributed by atoms with Gasteiger partial charge in [-0.3, -0.25) is 0 Å². The summed E-state index contributed by atoms with van der Waals surface area (Å²) in [4.78, 5) is 8.93. The number of thiazole rings is 1. The highest BCUT2D eigenvalue weighted by molar-refractivity contribution is 7.09. The molecule has 5 nitrogen and oxygen atoms in total. The lowest BCUT2D eigenvalue weighted by Crippen LogP contribution is -2.41. The van der Waals surface area contributed by atoms with Gasteiger partial charge < -0.3 is 9.84 Å². The number of hydrogen-bond donors (Lipinski definition) is 1. The molecular weight excluding hydrogens is 284 g/mol. The number of aryl methyl sites for hydroxylation is 1. The number of hydrogen-bond acceptors (Lipinski definition) is 6. The summed E-state index contributed by atoms with van der Waals surface area (Å²) in [5, 5.41) is 10.7. The van der Waals surface area contributed by atoms with Crippen molar-refractivity contribution < 1.29 is 4.52 Å². The summed E-state index contributed by atoms with van der Waals surface area (Å²) in [6, 6.07) is 0.317. The van der Waals surface area contributed by atoms with Crippen LogP contribution < -0.4 is 5.32 Å². The molecule has 2 aromatic rings. The van der Waals surface area contributed by atoms with Crippen molar-refractivity contribution in [2.45, 2.75) is 53.5 Å². The Morgan fingerprint density at radius 1 is 1.33 bits per heavy atom. The Morgan fingerprint density at radius 3 is 2.67 bits per heavy atom. The Bertz CT molecular complexity index is 570. The Balaban J connectivity index is 2.01. The van der Waals surface area contributed by atoms with Crippen molar-refractivity contribution in [2.24, 2.45) is 5.41 Å². The Morgan fingerprint density at radius 2 is 2.10 bits per heavy atom. The SMILES string of the molecule is CCNC(Cc1nc(Cc2csc(C)n2)no1)C(C)(C)C. The third-order valence-electron chi connectivity index (χ3n) is 3.39. The first-order valence-electron chi connectivity index (χ1n) is 7.34. The molecule has 0 bridgehead atoms. The van der Waals surface area contributed by atoms with E-state index in [1.165, 1.54) is 0 Å². The van der Waals surface area contributed by atoms with E-state index in [0.29, 0.717) is 24.2 Å². The first-order valence-corrected chi connectivity index (χ1v) is 8.22. The minimum Gasteiger partial charge on any atom is -0.339 e. The zero-order valence-electron chi connectivity index (χ0n) is 13.4. The van der Waals surface area contributed by atoms with Gasteiger partial charge in [0.1, 0.15) is 0 Å². The van der Waals surface area contributed by atoms with Crippen LogP contribution in [0.5, 0.6) is 0 Å². The normalized spacial score (nSPS) is 13.6. The molecule has 0 saturated carbocycles. The molecule has 0 aliphatic carbocycles. The molecule has 0 spiro atoms. The highest BCUT2D eigenvalue weighted by atomic mass is 32.1. The second-order valence-corrected chi connectivity index (χ2v) is 7.38. The van der Waals surface area contributed by atoms with Crippen molar-refractivity contribution in [1.82, 2.24) is 20.4 Å². The highest BCUT2D eigenvalue weighted by Crippen LogP contribution is 2.22. The molecule has 1 N–H and O–H groups in total. The van der Waals surface area contributed by atoms with E-state index < -0.39 is 0 Å². The van der Waals surface area contributed by atoms with Crippen molar-refractivity contribution in [3.63, 3.8) is 0 Å². The molecule has 1 atom stereocenters. The van der Waals surface area contributed by atoms with Gasteiger partial charge in [-0.2, -0.15) is 4.98 Å². The molecule has 2 rings (SSSR count). The summed E-state index contributed by atoms with van der Waals surface area (Å²) >= 11 is 1.64. The minimum atomic E-state index is 0.149. The van der Waals surface area contributed by atoms with Crippen LogP contribution in [0.15, 0.2) is 9.90 Å². The van der Waals surface area contributed by atoms with Gasteiger partial charge in [0.25, 0.3) is 0 Å². The number of nitrogens with one attached hydrogen (secondary N) is 1. The lowest BCUT2D eigenvalue weighted by molar-refractivity contribution is 0.247. The van der Waals surface area contributed by atoms with Crippen molar-refractivity contribution in [2.75, 3.05) is 6.54 Å². The molecule has 0 aliphatic heterocycles. The van der Waals surface area contributed by atoms with Gasteiger partial charge in [-0.15, -0.1) is 11.3 Å². The van der Waals surface area contributed by atoms with Crippen LogP contribution in [-0.2, 0) is 12.8 Å². The first-order chi connectivity index (χ1) is 9.88. The summed E-state index contributed by atoms with van der Waals surface area (Å²) in [5.74, 6) is 1.40. The zero-order valence-corrected chi connectivity index (χ0v) is 14.3. The summed E-state index contributed by atoms with van der Waals surface area (Å²) in [6.07, 6.45) is 1.38. The van der Waals surface area contributed by atoms with E-state index >= 15 is 0 Å². The topological polar surface area (TPSA) is 63.8 Å². The van der Waals surface area contributed by atoms with E-state index in [0.717, 1.165) is 23.7 Å². The average molecular weight is 308 g/mol. The Labute approximate surface area is 130 Å². The van der Waals surface area contributed by atoms with Crippen molar-refractivity contribution in [1.29, 1.82) is 0 Å². The molecule has 0 saturated heterocycles. The smallest absolute Gasteiger partial charge is 0.228 e. The zero-order chi connectivity index (χ0) is 15.5. The van der Waals surface area contributed by atoms with Crippen LogP contribution in [0.4, 0.5) is 0 Å². The minimum absolute atomic E-state index is 0.149. The van der Waals surface area contributed by atoms with Crippen molar-refractivity contribution in [3.05, 3.63) is 27.8 Å². The predicted molar refractivity (Wildman–Crippen MR) is 84.6 cm³/mol. The van der Waals surface area contributed by atoms with Gasteiger partial charge in [0.05, 0.1) is 17.1 Å². The molecule has 116 valence electrons. The van der Waals surface area contributed by atoms with Crippen LogP contribution >= 0.6 is 11.3 Å². The van der Waals surface area contributed by atoms with Crippen LogP contribution in [0.2, 0.25) is 0 Å². The van der Waals surface area contributed by atoms with Crippen molar-refractivity contribution in [3.8, 4) is 0 Å². The van der Waals surface area contributed by atoms with Gasteiger partial charge in [-0.1, -0.05) is 32.9 Å². The van der Waals surface area contributed by atoms with Gasteiger partial charge in [0, 0.05) is 17.8 Å². The Kier molecular flexibility index (Phi) is 5.11. The van der Waals surface area contributed by atoms with Gasteiger partial charge in [-0.05, 0) is 18.9 Å². The Hall–Kier alpha value is -1.27. The van der Waals surface area contributed by atoms with E-state index in [1.807, 2.05) is 12.3 Å². The van der Waals surface area contributed by atoms with Crippen LogP contribution in [0, 0.1) is 12.3 Å². The molecule has 2 heterocycles. The molecule has 0 amide bonds. The second-order valence-electron chi connectivity index (χ2n) is 6.32. The second kappa shape index (κ2) is 6.66. The number of nitrogens with zero attached hydrogens (tertiary/aromatic N) is 3. The van der Waals surface area contributed by atoms with E-state index in [9.17, 15) is 0 Å². The maximum Gasteiger partial charge on any atom is 0.228 e. The summed E-state index contributed by atoms with van der Waals surface area (Å²) < 4.78 is 5.39. The molecule has 0 aliphatic rings. The first kappa shape index (κ1) is 16.1. The van der Waals surface area contributed by atoms with Crippen LogP contribution in [0.1, 0.15) is 50.1 Å². The molecule has 0 aromatic carbocycles. The number of rotatable bonds is 6. The molecule has 1 unspecified atom stereocenters. The van der Waals surface area contributed by atoms with Gasteiger partial charge in [0.2, 0.25) is 5.89 Å². The average Bonchev–Trinajstić information content (AvgIpc) is 2.98.